The maximum Gasteiger partial charge on any atom is 0.122 e. The third-order valence-corrected chi connectivity index (χ3v) is 7.79. The molecule has 2 saturated carbocycles. The smallest absolute Gasteiger partial charge is 0.122 e. The first-order chi connectivity index (χ1) is 13.9. The van der Waals surface area contributed by atoms with Crippen molar-refractivity contribution in [3.8, 4) is 11.5 Å². The molecule has 4 heteroatoms. The predicted molar refractivity (Wildman–Crippen MR) is 113 cm³/mol. The Morgan fingerprint density at radius 2 is 1.90 bits per heavy atom. The average Bonchev–Trinajstić information content (AvgIpc) is 2.95. The van der Waals surface area contributed by atoms with Gasteiger partial charge in [-0.05, 0) is 78.8 Å². The minimum atomic E-state index is -0.525. The van der Waals surface area contributed by atoms with Gasteiger partial charge in [0.15, 0.2) is 0 Å². The molecule has 5 atom stereocenters. The highest BCUT2D eigenvalue weighted by molar-refractivity contribution is 6.01. The van der Waals surface area contributed by atoms with Gasteiger partial charge in [-0.25, -0.2) is 0 Å². The maximum atomic E-state index is 11.2. The van der Waals surface area contributed by atoms with Crippen LogP contribution in [0.4, 0.5) is 0 Å². The molecule has 3 aliphatic carbocycles. The molecule has 0 heterocycles. The number of fused-ring (bicyclic) bond motifs is 5. The lowest BCUT2D eigenvalue weighted by Crippen LogP contribution is -2.45. The highest BCUT2D eigenvalue weighted by atomic mass is 16.3. The summed E-state index contributed by atoms with van der Waals surface area (Å²) in [6.07, 6.45) is 4.85. The molecule has 5 rings (SSSR count). The molecule has 0 aliphatic heterocycles. The van der Waals surface area contributed by atoms with Gasteiger partial charge in [-0.2, -0.15) is 0 Å². The number of benzene rings is 2. The molecule has 4 nitrogen and oxygen atoms in total. The minimum Gasteiger partial charge on any atom is -0.508 e. The van der Waals surface area contributed by atoms with Gasteiger partial charge in [0.05, 0.1) is 6.10 Å². The van der Waals surface area contributed by atoms with Crippen molar-refractivity contribution >= 4 is 11.8 Å². The number of aromatic hydroxyl groups is 2. The van der Waals surface area contributed by atoms with Crippen LogP contribution in [0.5, 0.6) is 11.5 Å². The number of aliphatic hydroxyl groups excluding tert-OH is 1. The highest BCUT2D eigenvalue weighted by Gasteiger charge is 2.56. The number of hydrogen-bond donors (Lipinski definition) is 4. The molecule has 0 unspecified atom stereocenters. The molecule has 0 amide bonds. The van der Waals surface area contributed by atoms with Crippen molar-refractivity contribution in [3.63, 3.8) is 0 Å². The van der Waals surface area contributed by atoms with Crippen LogP contribution in [0.2, 0.25) is 0 Å². The lowest BCUT2D eigenvalue weighted by molar-refractivity contribution is -0.0103. The number of hydrogen-bond acceptors (Lipinski definition) is 4. The third kappa shape index (κ3) is 2.73. The van der Waals surface area contributed by atoms with E-state index >= 15 is 0 Å². The average molecular weight is 389 g/mol. The van der Waals surface area contributed by atoms with E-state index in [1.54, 1.807) is 24.3 Å². The first-order valence-electron chi connectivity index (χ1n) is 10.5. The molecule has 4 N–H and O–H groups in total. The van der Waals surface area contributed by atoms with Gasteiger partial charge in [-0.1, -0.05) is 31.2 Å². The normalized spacial score (nSPS) is 34.6. The van der Waals surface area contributed by atoms with Crippen molar-refractivity contribution in [1.29, 1.82) is 5.41 Å². The van der Waals surface area contributed by atoms with Crippen LogP contribution in [0, 0.1) is 22.7 Å². The minimum absolute atomic E-state index is 0.202. The van der Waals surface area contributed by atoms with Crippen molar-refractivity contribution in [1.82, 2.24) is 0 Å². The summed E-state index contributed by atoms with van der Waals surface area (Å²) < 4.78 is 0. The van der Waals surface area contributed by atoms with E-state index in [1.807, 2.05) is 24.3 Å². The van der Waals surface area contributed by atoms with E-state index in [-0.39, 0.29) is 16.9 Å². The van der Waals surface area contributed by atoms with E-state index in [2.05, 4.69) is 6.92 Å². The van der Waals surface area contributed by atoms with Gasteiger partial charge >= 0.3 is 0 Å². The summed E-state index contributed by atoms with van der Waals surface area (Å²) in [6.45, 7) is 2.19. The fourth-order valence-electron chi connectivity index (χ4n) is 6.24. The molecule has 150 valence electrons. The number of aliphatic hydroxyl groups is 1. The topological polar surface area (TPSA) is 84.5 Å². The van der Waals surface area contributed by atoms with Gasteiger partial charge in [-0.3, -0.25) is 0 Å². The summed E-state index contributed by atoms with van der Waals surface area (Å²) in [4.78, 5) is 0. The van der Waals surface area contributed by atoms with Gasteiger partial charge in [0, 0.05) is 22.3 Å². The second kappa shape index (κ2) is 6.46. The fraction of sp³-hybridized carbons (Fsp3) is 0.400. The third-order valence-electron chi connectivity index (χ3n) is 7.79. The standard InChI is InChI=1S/C25H27NO3/c1-25-9-8-18-17-7-6-16(27)12-20(17)22(26)13-19(18)21(25)11-15(24(25)29)10-14-4-2-3-5-23(14)28/h2-7,10,12,18-19,21,24,26-29H,8-9,11,13H2,1H3/t18-,19-,21+,24+,25+/m1/s1. The summed E-state index contributed by atoms with van der Waals surface area (Å²) in [5.41, 5.74) is 4.19. The molecule has 3 aliphatic rings. The molecule has 29 heavy (non-hydrogen) atoms. The summed E-state index contributed by atoms with van der Waals surface area (Å²) >= 11 is 0. The molecule has 2 aromatic carbocycles. The number of para-hydroxylation sites is 1. The first kappa shape index (κ1) is 18.4. The zero-order valence-corrected chi connectivity index (χ0v) is 16.6. The van der Waals surface area contributed by atoms with Crippen molar-refractivity contribution in [2.45, 2.75) is 44.6 Å². The largest absolute Gasteiger partial charge is 0.508 e. The summed E-state index contributed by atoms with van der Waals surface area (Å²) in [7, 11) is 0. The molecule has 2 fully saturated rings. The van der Waals surface area contributed by atoms with E-state index in [1.165, 1.54) is 5.56 Å². The number of rotatable bonds is 1. The second-order valence-corrected chi connectivity index (χ2v) is 9.26. The Balaban J connectivity index is 1.53. The van der Waals surface area contributed by atoms with Crippen molar-refractivity contribution in [2.24, 2.45) is 17.3 Å². The Morgan fingerprint density at radius 1 is 1.10 bits per heavy atom. The SMILES string of the molecule is C[C@]12CC[C@@H]3c4ccc(O)cc4C(=N)C[C@H]3[C@@H]1CC(=Cc1ccccc1O)[C@@H]2O. The van der Waals surface area contributed by atoms with Crippen LogP contribution in [-0.2, 0) is 0 Å². The second-order valence-electron chi connectivity index (χ2n) is 9.26. The Labute approximate surface area is 171 Å². The molecular formula is C25H27NO3. The quantitative estimate of drug-likeness (QED) is 0.563. The maximum absolute atomic E-state index is 11.2. The molecule has 0 aromatic heterocycles. The Morgan fingerprint density at radius 3 is 2.69 bits per heavy atom. The lowest BCUT2D eigenvalue weighted by Gasteiger charge is -2.49. The van der Waals surface area contributed by atoms with Crippen LogP contribution in [0.15, 0.2) is 48.0 Å². The van der Waals surface area contributed by atoms with Crippen molar-refractivity contribution in [2.75, 3.05) is 0 Å². The highest BCUT2D eigenvalue weighted by Crippen LogP contribution is 2.62. The summed E-state index contributed by atoms with van der Waals surface area (Å²) in [5, 5.41) is 39.9. The fourth-order valence-corrected chi connectivity index (χ4v) is 6.24. The van der Waals surface area contributed by atoms with Crippen LogP contribution in [0.25, 0.3) is 6.08 Å². The van der Waals surface area contributed by atoms with Gasteiger partial charge in [0.25, 0.3) is 0 Å². The van der Waals surface area contributed by atoms with Gasteiger partial charge in [0.2, 0.25) is 0 Å². The van der Waals surface area contributed by atoms with Crippen molar-refractivity contribution < 1.29 is 15.3 Å². The van der Waals surface area contributed by atoms with Crippen LogP contribution >= 0.6 is 0 Å². The van der Waals surface area contributed by atoms with Gasteiger partial charge in [-0.15, -0.1) is 0 Å². The first-order valence-corrected chi connectivity index (χ1v) is 10.5. The van der Waals surface area contributed by atoms with Gasteiger partial charge in [0.1, 0.15) is 11.5 Å². The number of phenolic OH excluding ortho intramolecular Hbond substituents is 2. The number of phenols is 2. The Hall–Kier alpha value is -2.59. The van der Waals surface area contributed by atoms with E-state index in [0.29, 0.717) is 29.9 Å². The lowest BCUT2D eigenvalue weighted by atomic mass is 9.55. The molecule has 0 spiro atoms. The molecule has 0 radical (unpaired) electrons. The zero-order valence-electron chi connectivity index (χ0n) is 16.6. The molecule has 2 aromatic rings. The molecular weight excluding hydrogens is 362 g/mol. The van der Waals surface area contributed by atoms with Gasteiger partial charge < -0.3 is 20.7 Å². The predicted octanol–water partition coefficient (Wildman–Crippen LogP) is 4.83. The van der Waals surface area contributed by atoms with E-state index in [4.69, 9.17) is 5.41 Å². The van der Waals surface area contributed by atoms with E-state index in [0.717, 1.165) is 36.0 Å². The van der Waals surface area contributed by atoms with E-state index in [9.17, 15) is 15.3 Å². The molecule has 0 bridgehead atoms. The Bertz CT molecular complexity index is 1030. The Kier molecular flexibility index (Phi) is 4.11. The van der Waals surface area contributed by atoms with E-state index < -0.39 is 6.10 Å². The number of nitrogens with one attached hydrogen (secondary N) is 1. The zero-order chi connectivity index (χ0) is 20.3. The van der Waals surface area contributed by atoms with Crippen LogP contribution in [0.1, 0.15) is 55.2 Å². The summed E-state index contributed by atoms with van der Waals surface area (Å²) in [6, 6.07) is 12.7. The van der Waals surface area contributed by atoms with Crippen molar-refractivity contribution in [3.05, 3.63) is 64.7 Å². The van der Waals surface area contributed by atoms with Crippen LogP contribution in [-0.4, -0.2) is 27.1 Å². The van der Waals surface area contributed by atoms with Crippen LogP contribution in [0.3, 0.4) is 0 Å². The monoisotopic (exact) mass is 389 g/mol. The summed E-state index contributed by atoms with van der Waals surface area (Å²) in [5.74, 6) is 1.45. The van der Waals surface area contributed by atoms with Crippen LogP contribution < -0.4 is 0 Å². The molecule has 0 saturated heterocycles.